The summed E-state index contributed by atoms with van der Waals surface area (Å²) in [5, 5.41) is 3.49. The van der Waals surface area contributed by atoms with E-state index in [-0.39, 0.29) is 0 Å². The summed E-state index contributed by atoms with van der Waals surface area (Å²) in [5.74, 6) is 0. The fourth-order valence-electron chi connectivity index (χ4n) is 1.69. The van der Waals surface area contributed by atoms with Crippen LogP contribution >= 0.6 is 0 Å². The van der Waals surface area contributed by atoms with Crippen molar-refractivity contribution in [3.8, 4) is 0 Å². The molecule has 0 unspecified atom stereocenters. The molecule has 1 atom stereocenters. The van der Waals surface area contributed by atoms with E-state index in [1.807, 2.05) is 18.6 Å². The van der Waals surface area contributed by atoms with Crippen molar-refractivity contribution in [3.63, 3.8) is 0 Å². The van der Waals surface area contributed by atoms with Crippen LogP contribution in [-0.4, -0.2) is 16.1 Å². The van der Waals surface area contributed by atoms with E-state index in [2.05, 4.69) is 46.1 Å². The summed E-state index contributed by atoms with van der Waals surface area (Å²) < 4.78 is 2.07. The molecule has 16 heavy (non-hydrogen) atoms. The van der Waals surface area contributed by atoms with Gasteiger partial charge in [-0.1, -0.05) is 30.3 Å². The van der Waals surface area contributed by atoms with Crippen LogP contribution in [0.1, 0.15) is 18.5 Å². The molecule has 2 aromatic rings. The van der Waals surface area contributed by atoms with E-state index in [1.165, 1.54) is 5.56 Å². The van der Waals surface area contributed by atoms with E-state index in [9.17, 15) is 0 Å². The second-order valence-corrected chi connectivity index (χ2v) is 3.89. The van der Waals surface area contributed by atoms with Crippen LogP contribution < -0.4 is 5.32 Å². The van der Waals surface area contributed by atoms with Crippen molar-refractivity contribution >= 4 is 0 Å². The van der Waals surface area contributed by atoms with Gasteiger partial charge >= 0.3 is 0 Å². The molecule has 1 aromatic carbocycles. The maximum absolute atomic E-state index is 4.01. The van der Waals surface area contributed by atoms with Crippen LogP contribution in [0.3, 0.4) is 0 Å². The molecule has 0 radical (unpaired) electrons. The summed E-state index contributed by atoms with van der Waals surface area (Å²) in [6, 6.07) is 10.9. The summed E-state index contributed by atoms with van der Waals surface area (Å²) in [7, 11) is 0. The number of hydrogen-bond acceptors (Lipinski definition) is 2. The molecule has 0 bridgehead atoms. The molecule has 1 aromatic heterocycles. The highest BCUT2D eigenvalue weighted by atomic mass is 15.0. The highest BCUT2D eigenvalue weighted by molar-refractivity contribution is 5.17. The molecule has 0 aliphatic heterocycles. The van der Waals surface area contributed by atoms with Gasteiger partial charge in [0.2, 0.25) is 0 Å². The Bertz CT molecular complexity index is 394. The normalized spacial score (nSPS) is 12.6. The van der Waals surface area contributed by atoms with Crippen LogP contribution in [0.25, 0.3) is 0 Å². The van der Waals surface area contributed by atoms with Gasteiger partial charge in [0.15, 0.2) is 0 Å². The summed E-state index contributed by atoms with van der Waals surface area (Å²) in [6.07, 6.45) is 5.63. The van der Waals surface area contributed by atoms with Crippen LogP contribution in [0, 0.1) is 0 Å². The second kappa shape index (κ2) is 5.47. The zero-order valence-corrected chi connectivity index (χ0v) is 9.50. The molecule has 2 rings (SSSR count). The number of hydrogen-bond donors (Lipinski definition) is 1. The van der Waals surface area contributed by atoms with Crippen LogP contribution in [0.5, 0.6) is 0 Å². The van der Waals surface area contributed by atoms with E-state index in [1.54, 1.807) is 6.20 Å². The van der Waals surface area contributed by atoms with Crippen LogP contribution in [0.4, 0.5) is 0 Å². The van der Waals surface area contributed by atoms with Gasteiger partial charge in [-0.2, -0.15) is 0 Å². The number of rotatable bonds is 5. The van der Waals surface area contributed by atoms with Crippen LogP contribution in [-0.2, 0) is 6.54 Å². The highest BCUT2D eigenvalue weighted by Crippen LogP contribution is 2.10. The number of aromatic nitrogens is 2. The third-order valence-electron chi connectivity index (χ3n) is 2.68. The SMILES string of the molecule is C[C@@H](NCCn1ccnc1)c1ccccc1. The molecular formula is C13H17N3. The summed E-state index contributed by atoms with van der Waals surface area (Å²) in [6.45, 7) is 4.09. The van der Waals surface area contributed by atoms with Crippen LogP contribution in [0.15, 0.2) is 49.1 Å². The largest absolute Gasteiger partial charge is 0.336 e. The molecule has 84 valence electrons. The summed E-state index contributed by atoms with van der Waals surface area (Å²) in [4.78, 5) is 4.01. The zero-order valence-electron chi connectivity index (χ0n) is 9.50. The second-order valence-electron chi connectivity index (χ2n) is 3.89. The minimum atomic E-state index is 0.393. The first-order chi connectivity index (χ1) is 7.86. The van der Waals surface area contributed by atoms with Gasteiger partial charge in [-0.3, -0.25) is 0 Å². The van der Waals surface area contributed by atoms with Crippen molar-refractivity contribution in [2.75, 3.05) is 6.54 Å². The average molecular weight is 215 g/mol. The Morgan fingerprint density at radius 3 is 2.81 bits per heavy atom. The Kier molecular flexibility index (Phi) is 3.72. The molecular weight excluding hydrogens is 198 g/mol. The van der Waals surface area contributed by atoms with Crippen molar-refractivity contribution in [1.82, 2.24) is 14.9 Å². The summed E-state index contributed by atoms with van der Waals surface area (Å²) >= 11 is 0. The Morgan fingerprint density at radius 1 is 1.31 bits per heavy atom. The maximum Gasteiger partial charge on any atom is 0.0946 e. The zero-order chi connectivity index (χ0) is 11.2. The van der Waals surface area contributed by atoms with Gasteiger partial charge in [0.1, 0.15) is 0 Å². The molecule has 0 fully saturated rings. The number of imidazole rings is 1. The highest BCUT2D eigenvalue weighted by Gasteiger charge is 2.02. The molecule has 1 heterocycles. The van der Waals surface area contributed by atoms with Crippen molar-refractivity contribution in [3.05, 3.63) is 54.6 Å². The molecule has 0 spiro atoms. The van der Waals surface area contributed by atoms with E-state index in [0.29, 0.717) is 6.04 Å². The number of benzene rings is 1. The Hall–Kier alpha value is -1.61. The maximum atomic E-state index is 4.01. The lowest BCUT2D eigenvalue weighted by atomic mass is 10.1. The minimum Gasteiger partial charge on any atom is -0.336 e. The molecule has 1 N–H and O–H groups in total. The lowest BCUT2D eigenvalue weighted by molar-refractivity contribution is 0.531. The Morgan fingerprint density at radius 2 is 2.12 bits per heavy atom. The molecule has 0 saturated heterocycles. The van der Waals surface area contributed by atoms with Crippen molar-refractivity contribution in [2.24, 2.45) is 0 Å². The average Bonchev–Trinajstić information content (AvgIpc) is 2.83. The van der Waals surface area contributed by atoms with Crippen molar-refractivity contribution < 1.29 is 0 Å². The molecule has 0 saturated carbocycles. The van der Waals surface area contributed by atoms with Gasteiger partial charge in [-0.15, -0.1) is 0 Å². The molecule has 0 aliphatic rings. The first-order valence-electron chi connectivity index (χ1n) is 5.60. The summed E-state index contributed by atoms with van der Waals surface area (Å²) in [5.41, 5.74) is 1.33. The van der Waals surface area contributed by atoms with Crippen molar-refractivity contribution in [2.45, 2.75) is 19.5 Å². The van der Waals surface area contributed by atoms with E-state index < -0.39 is 0 Å². The third-order valence-corrected chi connectivity index (χ3v) is 2.68. The predicted molar refractivity (Wildman–Crippen MR) is 65.1 cm³/mol. The fourth-order valence-corrected chi connectivity index (χ4v) is 1.69. The van der Waals surface area contributed by atoms with Gasteiger partial charge < -0.3 is 9.88 Å². The Labute approximate surface area is 96.1 Å². The van der Waals surface area contributed by atoms with E-state index in [0.717, 1.165) is 13.1 Å². The molecule has 0 amide bonds. The van der Waals surface area contributed by atoms with Gasteiger partial charge in [0.25, 0.3) is 0 Å². The van der Waals surface area contributed by atoms with Gasteiger partial charge in [-0.05, 0) is 12.5 Å². The molecule has 3 nitrogen and oxygen atoms in total. The lowest BCUT2D eigenvalue weighted by Gasteiger charge is -2.14. The predicted octanol–water partition coefficient (Wildman–Crippen LogP) is 2.23. The van der Waals surface area contributed by atoms with Crippen LogP contribution in [0.2, 0.25) is 0 Å². The minimum absolute atomic E-state index is 0.393. The van der Waals surface area contributed by atoms with Crippen molar-refractivity contribution in [1.29, 1.82) is 0 Å². The van der Waals surface area contributed by atoms with E-state index in [4.69, 9.17) is 0 Å². The lowest BCUT2D eigenvalue weighted by Crippen LogP contribution is -2.22. The fraction of sp³-hybridized carbons (Fsp3) is 0.308. The quantitative estimate of drug-likeness (QED) is 0.829. The molecule has 3 heteroatoms. The molecule has 0 aliphatic carbocycles. The topological polar surface area (TPSA) is 29.9 Å². The standard InChI is InChI=1S/C13H17N3/c1-12(13-5-3-2-4-6-13)15-8-10-16-9-7-14-11-16/h2-7,9,11-12,15H,8,10H2,1H3/t12-/m1/s1. The van der Waals surface area contributed by atoms with Gasteiger partial charge in [-0.25, -0.2) is 4.98 Å². The monoisotopic (exact) mass is 215 g/mol. The number of nitrogens with one attached hydrogen (secondary N) is 1. The Balaban J connectivity index is 1.78. The van der Waals surface area contributed by atoms with Gasteiger partial charge in [0.05, 0.1) is 6.33 Å². The van der Waals surface area contributed by atoms with E-state index >= 15 is 0 Å². The smallest absolute Gasteiger partial charge is 0.0946 e. The third kappa shape index (κ3) is 2.94. The first kappa shape index (κ1) is 10.9. The van der Waals surface area contributed by atoms with Gasteiger partial charge in [0, 0.05) is 31.5 Å². The first-order valence-corrected chi connectivity index (χ1v) is 5.60. The number of nitrogens with zero attached hydrogens (tertiary/aromatic N) is 2.